The molecule has 7 aromatic carbocycles. The number of furan rings is 2. The first-order chi connectivity index (χ1) is 24.2. The molecule has 1 atom stereocenters. The second-order valence-electron chi connectivity index (χ2n) is 12.3. The third-order valence-electron chi connectivity index (χ3n) is 9.45. The molecule has 9 aromatic rings. The Morgan fingerprint density at radius 1 is 0.510 bits per heavy atom. The topological polar surface area (TPSA) is 63.0 Å². The number of hydrogen-bond donors (Lipinski definition) is 1. The number of hydrogen-bond acceptors (Lipinski definition) is 5. The second-order valence-corrected chi connectivity index (χ2v) is 12.7. The van der Waals surface area contributed by atoms with E-state index in [0.717, 1.165) is 76.9 Å². The maximum absolute atomic E-state index is 6.69. The summed E-state index contributed by atoms with van der Waals surface area (Å²) in [5.41, 5.74) is 8.18. The van der Waals surface area contributed by atoms with Crippen LogP contribution in [0.25, 0.3) is 65.8 Å². The second kappa shape index (κ2) is 10.9. The quantitative estimate of drug-likeness (QED) is 0.206. The molecule has 10 rings (SSSR count). The average Bonchev–Trinajstić information content (AvgIpc) is 3.75. The molecule has 0 radical (unpaired) electrons. The minimum absolute atomic E-state index is 0.415. The molecule has 0 amide bonds. The van der Waals surface area contributed by atoms with Gasteiger partial charge in [-0.3, -0.25) is 0 Å². The van der Waals surface area contributed by atoms with E-state index >= 15 is 0 Å². The van der Waals surface area contributed by atoms with Crippen molar-refractivity contribution in [1.82, 2.24) is 5.32 Å². The van der Waals surface area contributed by atoms with Gasteiger partial charge in [-0.2, -0.15) is 0 Å². The Hall–Kier alpha value is -6.17. The third-order valence-corrected chi connectivity index (χ3v) is 9.75. The highest BCUT2D eigenvalue weighted by Crippen LogP contribution is 2.43. The number of benzene rings is 7. The van der Waals surface area contributed by atoms with Crippen LogP contribution in [0.4, 0.5) is 0 Å². The fourth-order valence-corrected chi connectivity index (χ4v) is 7.41. The summed E-state index contributed by atoms with van der Waals surface area (Å²) in [7, 11) is 0. The molecule has 3 heterocycles. The molecule has 5 nitrogen and oxygen atoms in total. The summed E-state index contributed by atoms with van der Waals surface area (Å²) in [5.74, 6) is 1.37. The number of para-hydroxylation sites is 3. The summed E-state index contributed by atoms with van der Waals surface area (Å²) in [4.78, 5) is 10.3. The largest absolute Gasteiger partial charge is 0.455 e. The molecule has 2 aromatic heterocycles. The molecule has 0 saturated heterocycles. The van der Waals surface area contributed by atoms with Crippen LogP contribution >= 0.6 is 11.6 Å². The van der Waals surface area contributed by atoms with Gasteiger partial charge in [-0.25, -0.2) is 9.98 Å². The normalized spacial score (nSPS) is 14.8. The fraction of sp³-hybridized carbons (Fsp3) is 0.0233. The van der Waals surface area contributed by atoms with Crippen LogP contribution in [-0.4, -0.2) is 11.7 Å². The summed E-state index contributed by atoms with van der Waals surface area (Å²) >= 11 is 6.69. The first kappa shape index (κ1) is 27.9. The first-order valence-electron chi connectivity index (χ1n) is 16.2. The highest BCUT2D eigenvalue weighted by molar-refractivity contribution is 6.37. The van der Waals surface area contributed by atoms with E-state index in [-0.39, 0.29) is 0 Å². The van der Waals surface area contributed by atoms with Crippen molar-refractivity contribution in [2.75, 3.05) is 0 Å². The Morgan fingerprint density at radius 3 is 2.00 bits per heavy atom. The first-order valence-corrected chi connectivity index (χ1v) is 16.6. The van der Waals surface area contributed by atoms with E-state index < -0.39 is 6.17 Å². The third kappa shape index (κ3) is 4.40. The average molecular weight is 652 g/mol. The van der Waals surface area contributed by atoms with Crippen molar-refractivity contribution in [3.63, 3.8) is 0 Å². The van der Waals surface area contributed by atoms with E-state index in [4.69, 9.17) is 30.4 Å². The van der Waals surface area contributed by atoms with Crippen molar-refractivity contribution >= 4 is 77.9 Å². The lowest BCUT2D eigenvalue weighted by Gasteiger charge is -2.25. The Balaban J connectivity index is 1.16. The van der Waals surface area contributed by atoms with Crippen LogP contribution in [0.15, 0.2) is 164 Å². The van der Waals surface area contributed by atoms with Gasteiger partial charge in [0.15, 0.2) is 11.4 Å². The van der Waals surface area contributed by atoms with Gasteiger partial charge in [-0.05, 0) is 46.2 Å². The van der Waals surface area contributed by atoms with Crippen molar-refractivity contribution < 1.29 is 8.83 Å². The Labute approximate surface area is 285 Å². The molecule has 232 valence electrons. The van der Waals surface area contributed by atoms with Gasteiger partial charge in [0, 0.05) is 32.7 Å². The zero-order valence-electron chi connectivity index (χ0n) is 26.0. The number of rotatable bonds is 4. The maximum atomic E-state index is 6.69. The number of aliphatic imine (C=N–C) groups is 2. The molecule has 0 fully saturated rings. The van der Waals surface area contributed by atoms with Crippen molar-refractivity contribution in [1.29, 1.82) is 0 Å². The molecular weight excluding hydrogens is 626 g/mol. The Bertz CT molecular complexity index is 2830. The van der Waals surface area contributed by atoms with E-state index in [2.05, 4.69) is 78.1 Å². The predicted molar refractivity (Wildman–Crippen MR) is 201 cm³/mol. The molecule has 49 heavy (non-hydrogen) atoms. The van der Waals surface area contributed by atoms with Crippen LogP contribution in [0.3, 0.4) is 0 Å². The van der Waals surface area contributed by atoms with E-state index in [1.807, 2.05) is 72.8 Å². The summed E-state index contributed by atoms with van der Waals surface area (Å²) < 4.78 is 12.7. The summed E-state index contributed by atoms with van der Waals surface area (Å²) in [6.07, 6.45) is -0.415. The molecule has 0 spiro atoms. The zero-order valence-corrected chi connectivity index (χ0v) is 26.8. The van der Waals surface area contributed by atoms with E-state index in [1.54, 1.807) is 0 Å². The summed E-state index contributed by atoms with van der Waals surface area (Å²) in [6.45, 7) is 0. The SMILES string of the molecule is Clc1ccc(-c2ccc(C3N=C(c4ccccc4)N=C(c4cccc5c4oc4ccccc45)N3)c3ccccc23)c2c1oc1ccccc12. The Morgan fingerprint density at radius 2 is 1.16 bits per heavy atom. The van der Waals surface area contributed by atoms with Gasteiger partial charge in [0.05, 0.1) is 10.6 Å². The molecule has 0 bridgehead atoms. The number of halogens is 1. The molecule has 1 N–H and O–H groups in total. The van der Waals surface area contributed by atoms with E-state index in [9.17, 15) is 0 Å². The van der Waals surface area contributed by atoms with Crippen molar-refractivity contribution in [2.45, 2.75) is 6.17 Å². The van der Waals surface area contributed by atoms with Crippen molar-refractivity contribution in [3.8, 4) is 11.1 Å². The lowest BCUT2D eigenvalue weighted by molar-refractivity contribution is 0.661. The van der Waals surface area contributed by atoms with Gasteiger partial charge < -0.3 is 14.2 Å². The zero-order chi connectivity index (χ0) is 32.5. The predicted octanol–water partition coefficient (Wildman–Crippen LogP) is 11.5. The smallest absolute Gasteiger partial charge is 0.159 e. The van der Waals surface area contributed by atoms with Gasteiger partial charge in [0.2, 0.25) is 0 Å². The van der Waals surface area contributed by atoms with Crippen molar-refractivity contribution in [2.24, 2.45) is 9.98 Å². The maximum Gasteiger partial charge on any atom is 0.159 e. The summed E-state index contributed by atoms with van der Waals surface area (Å²) in [6, 6.07) is 49.4. The number of fused-ring (bicyclic) bond motifs is 7. The van der Waals surface area contributed by atoms with Gasteiger partial charge >= 0.3 is 0 Å². The lowest BCUT2D eigenvalue weighted by Crippen LogP contribution is -2.33. The van der Waals surface area contributed by atoms with Crippen LogP contribution < -0.4 is 5.32 Å². The van der Waals surface area contributed by atoms with Crippen LogP contribution in [0.1, 0.15) is 22.9 Å². The number of amidine groups is 2. The minimum atomic E-state index is -0.415. The molecule has 1 unspecified atom stereocenters. The van der Waals surface area contributed by atoms with Gasteiger partial charge in [0.25, 0.3) is 0 Å². The molecule has 0 saturated carbocycles. The number of nitrogens with one attached hydrogen (secondary N) is 1. The van der Waals surface area contributed by atoms with Gasteiger partial charge in [-0.1, -0.05) is 133 Å². The minimum Gasteiger partial charge on any atom is -0.455 e. The van der Waals surface area contributed by atoms with Gasteiger partial charge in [-0.15, -0.1) is 0 Å². The molecular formula is C43H26ClN3O2. The van der Waals surface area contributed by atoms with Crippen LogP contribution in [0, 0.1) is 0 Å². The van der Waals surface area contributed by atoms with Crippen LogP contribution in [-0.2, 0) is 0 Å². The highest BCUT2D eigenvalue weighted by atomic mass is 35.5. The fourth-order valence-electron chi connectivity index (χ4n) is 7.21. The number of nitrogens with zero attached hydrogens (tertiary/aromatic N) is 2. The van der Waals surface area contributed by atoms with Gasteiger partial charge in [0.1, 0.15) is 28.8 Å². The molecule has 0 aliphatic carbocycles. The standard InChI is InChI=1S/C43H26ClN3O2/c44-35-24-23-30(38-33-16-7-9-20-37(33)49-40(35)38)28-21-22-32(27-14-5-4-13-26(27)28)42-45-41(25-11-2-1-3-12-25)46-43(47-42)34-18-10-17-31-29-15-6-8-19-36(29)48-39(31)34/h1-24,42H,(H,45,46,47). The van der Waals surface area contributed by atoms with Crippen molar-refractivity contribution in [3.05, 3.63) is 167 Å². The molecule has 1 aliphatic rings. The highest BCUT2D eigenvalue weighted by Gasteiger charge is 2.26. The monoisotopic (exact) mass is 651 g/mol. The lowest BCUT2D eigenvalue weighted by atomic mass is 9.91. The molecule has 1 aliphatic heterocycles. The van der Waals surface area contributed by atoms with Crippen LogP contribution in [0.5, 0.6) is 0 Å². The van der Waals surface area contributed by atoms with Crippen LogP contribution in [0.2, 0.25) is 5.02 Å². The van der Waals surface area contributed by atoms with E-state index in [0.29, 0.717) is 22.3 Å². The Kier molecular flexibility index (Phi) is 6.23. The molecule has 6 heteroatoms. The van der Waals surface area contributed by atoms with E-state index in [1.165, 1.54) is 0 Å². The summed E-state index contributed by atoms with van der Waals surface area (Å²) in [5, 5.41) is 10.7.